The normalized spacial score (nSPS) is 10.2. The Labute approximate surface area is 119 Å². The first-order chi connectivity index (χ1) is 9.29. The molecule has 0 aliphatic heterocycles. The van der Waals surface area contributed by atoms with Crippen LogP contribution in [0.15, 0.2) is 23.8 Å². The van der Waals surface area contributed by atoms with E-state index in [4.69, 9.17) is 0 Å². The number of carbonyl (C=O) groups is 1. The van der Waals surface area contributed by atoms with E-state index >= 15 is 0 Å². The maximum absolute atomic E-state index is 11.8. The number of nitrogens with one attached hydrogen (secondary N) is 2. The minimum Gasteiger partial charge on any atom is -0.369 e. The molecule has 100 valence electrons. The molecule has 1 amide bonds. The first-order valence-corrected chi connectivity index (χ1v) is 7.83. The van der Waals surface area contributed by atoms with Crippen molar-refractivity contribution in [3.8, 4) is 0 Å². The SMILES string of the molecule is CSCCNc1ccc(C(=O)Nc2nncs2)cn1. The first kappa shape index (κ1) is 13.8. The first-order valence-electron chi connectivity index (χ1n) is 5.56. The number of anilines is 2. The van der Waals surface area contributed by atoms with Crippen LogP contribution in [0.5, 0.6) is 0 Å². The van der Waals surface area contributed by atoms with Crippen molar-refractivity contribution >= 4 is 40.0 Å². The smallest absolute Gasteiger partial charge is 0.259 e. The fourth-order valence-corrected chi connectivity index (χ4v) is 2.06. The Bertz CT molecular complexity index is 514. The lowest BCUT2D eigenvalue weighted by Crippen LogP contribution is -2.12. The van der Waals surface area contributed by atoms with Crippen molar-refractivity contribution in [3.63, 3.8) is 0 Å². The van der Waals surface area contributed by atoms with Gasteiger partial charge < -0.3 is 5.32 Å². The number of thioether (sulfide) groups is 1. The van der Waals surface area contributed by atoms with Crippen LogP contribution >= 0.6 is 23.1 Å². The predicted molar refractivity (Wildman–Crippen MR) is 79.0 cm³/mol. The van der Waals surface area contributed by atoms with E-state index < -0.39 is 0 Å². The molecule has 0 unspecified atom stereocenters. The van der Waals surface area contributed by atoms with Gasteiger partial charge in [0.1, 0.15) is 11.3 Å². The zero-order valence-electron chi connectivity index (χ0n) is 10.3. The predicted octanol–water partition coefficient (Wildman–Crippen LogP) is 1.96. The van der Waals surface area contributed by atoms with Gasteiger partial charge in [0.25, 0.3) is 5.91 Å². The number of hydrogen-bond acceptors (Lipinski definition) is 7. The van der Waals surface area contributed by atoms with E-state index in [1.165, 1.54) is 17.5 Å². The second-order valence-electron chi connectivity index (χ2n) is 3.55. The highest BCUT2D eigenvalue weighted by atomic mass is 32.2. The molecule has 8 heteroatoms. The van der Waals surface area contributed by atoms with E-state index in [1.807, 2.05) is 0 Å². The van der Waals surface area contributed by atoms with Gasteiger partial charge in [0.15, 0.2) is 0 Å². The summed E-state index contributed by atoms with van der Waals surface area (Å²) in [6.07, 6.45) is 3.59. The van der Waals surface area contributed by atoms with Crippen molar-refractivity contribution in [2.24, 2.45) is 0 Å². The van der Waals surface area contributed by atoms with Gasteiger partial charge in [-0.1, -0.05) is 11.3 Å². The van der Waals surface area contributed by atoms with Crippen LogP contribution in [0.1, 0.15) is 10.4 Å². The molecule has 2 aromatic rings. The van der Waals surface area contributed by atoms with Crippen LogP contribution in [0.2, 0.25) is 0 Å². The number of rotatable bonds is 6. The van der Waals surface area contributed by atoms with Crippen LogP contribution in [0.3, 0.4) is 0 Å². The minimum absolute atomic E-state index is 0.236. The topological polar surface area (TPSA) is 79.8 Å². The molecule has 0 atom stereocenters. The van der Waals surface area contributed by atoms with Gasteiger partial charge in [-0.15, -0.1) is 10.2 Å². The molecule has 0 fully saturated rings. The number of pyridine rings is 1. The van der Waals surface area contributed by atoms with E-state index in [1.54, 1.807) is 29.4 Å². The van der Waals surface area contributed by atoms with Crippen LogP contribution in [-0.2, 0) is 0 Å². The van der Waals surface area contributed by atoms with E-state index in [2.05, 4.69) is 32.1 Å². The van der Waals surface area contributed by atoms with E-state index in [0.29, 0.717) is 10.7 Å². The molecule has 0 radical (unpaired) electrons. The molecule has 6 nitrogen and oxygen atoms in total. The Kier molecular flexibility index (Phi) is 5.10. The molecule has 0 spiro atoms. The summed E-state index contributed by atoms with van der Waals surface area (Å²) in [4.78, 5) is 16.0. The maximum atomic E-state index is 11.8. The average Bonchev–Trinajstić information content (AvgIpc) is 2.93. The molecular weight excluding hydrogens is 282 g/mol. The maximum Gasteiger partial charge on any atom is 0.259 e. The minimum atomic E-state index is -0.236. The molecule has 19 heavy (non-hydrogen) atoms. The third-order valence-corrected chi connectivity index (χ3v) is 3.44. The van der Waals surface area contributed by atoms with Crippen LogP contribution in [0.25, 0.3) is 0 Å². The number of aromatic nitrogens is 3. The van der Waals surface area contributed by atoms with Crippen molar-refractivity contribution in [2.75, 3.05) is 29.2 Å². The van der Waals surface area contributed by atoms with E-state index in [-0.39, 0.29) is 5.91 Å². The summed E-state index contributed by atoms with van der Waals surface area (Å²) in [7, 11) is 0. The molecule has 2 aromatic heterocycles. The Morgan fingerprint density at radius 2 is 2.37 bits per heavy atom. The standard InChI is InChI=1S/C11H13N5OS2/c1-18-5-4-12-9-3-2-8(6-13-9)10(17)15-11-16-14-7-19-11/h2-3,6-7H,4-5H2,1H3,(H,12,13)(H,15,16,17). The molecule has 0 bridgehead atoms. The summed E-state index contributed by atoms with van der Waals surface area (Å²) in [6.45, 7) is 0.852. The number of carbonyl (C=O) groups excluding carboxylic acids is 1. The Morgan fingerprint density at radius 3 is 3.00 bits per heavy atom. The fraction of sp³-hybridized carbons (Fsp3) is 0.273. The third-order valence-electron chi connectivity index (χ3n) is 2.22. The van der Waals surface area contributed by atoms with Gasteiger partial charge in [0.2, 0.25) is 5.13 Å². The lowest BCUT2D eigenvalue weighted by atomic mass is 10.2. The van der Waals surface area contributed by atoms with Crippen molar-refractivity contribution in [3.05, 3.63) is 29.4 Å². The molecule has 0 aliphatic rings. The van der Waals surface area contributed by atoms with Crippen molar-refractivity contribution in [1.82, 2.24) is 15.2 Å². The summed E-state index contributed by atoms with van der Waals surface area (Å²) in [5, 5.41) is 13.7. The van der Waals surface area contributed by atoms with Gasteiger partial charge in [-0.25, -0.2) is 4.98 Å². The summed E-state index contributed by atoms with van der Waals surface area (Å²) >= 11 is 3.04. The van der Waals surface area contributed by atoms with E-state index in [9.17, 15) is 4.79 Å². The van der Waals surface area contributed by atoms with Crippen LogP contribution in [-0.4, -0.2) is 39.6 Å². The molecule has 0 saturated carbocycles. The van der Waals surface area contributed by atoms with Crippen molar-refractivity contribution < 1.29 is 4.79 Å². The molecule has 2 N–H and O–H groups in total. The van der Waals surface area contributed by atoms with Gasteiger partial charge >= 0.3 is 0 Å². The Morgan fingerprint density at radius 1 is 1.47 bits per heavy atom. The lowest BCUT2D eigenvalue weighted by molar-refractivity contribution is 0.102. The quantitative estimate of drug-likeness (QED) is 0.793. The van der Waals surface area contributed by atoms with Crippen molar-refractivity contribution in [1.29, 1.82) is 0 Å². The highest BCUT2D eigenvalue weighted by molar-refractivity contribution is 7.98. The van der Waals surface area contributed by atoms with Crippen LogP contribution < -0.4 is 10.6 Å². The summed E-state index contributed by atoms with van der Waals surface area (Å²) < 4.78 is 0. The fourth-order valence-electron chi connectivity index (χ4n) is 1.31. The number of nitrogens with zero attached hydrogens (tertiary/aromatic N) is 3. The summed E-state index contributed by atoms with van der Waals surface area (Å²) in [5.41, 5.74) is 2.05. The Balaban J connectivity index is 1.92. The van der Waals surface area contributed by atoms with Gasteiger partial charge in [0, 0.05) is 18.5 Å². The van der Waals surface area contributed by atoms with Gasteiger partial charge in [-0.05, 0) is 18.4 Å². The van der Waals surface area contributed by atoms with Crippen LogP contribution in [0.4, 0.5) is 10.9 Å². The van der Waals surface area contributed by atoms with Gasteiger partial charge in [-0.2, -0.15) is 11.8 Å². The monoisotopic (exact) mass is 295 g/mol. The summed E-state index contributed by atoms with van der Waals surface area (Å²) in [5.74, 6) is 1.54. The zero-order valence-corrected chi connectivity index (χ0v) is 11.9. The largest absolute Gasteiger partial charge is 0.369 e. The van der Waals surface area contributed by atoms with Gasteiger partial charge in [0.05, 0.1) is 5.56 Å². The molecule has 2 rings (SSSR count). The second kappa shape index (κ2) is 7.05. The van der Waals surface area contributed by atoms with Gasteiger partial charge in [-0.3, -0.25) is 10.1 Å². The summed E-state index contributed by atoms with van der Waals surface area (Å²) in [6, 6.07) is 3.51. The average molecular weight is 295 g/mol. The number of amides is 1. The molecule has 2 heterocycles. The Hall–Kier alpha value is -1.67. The molecule has 0 saturated heterocycles. The van der Waals surface area contributed by atoms with Crippen LogP contribution in [0, 0.1) is 0 Å². The second-order valence-corrected chi connectivity index (χ2v) is 5.37. The van der Waals surface area contributed by atoms with E-state index in [0.717, 1.165) is 18.1 Å². The number of hydrogen-bond donors (Lipinski definition) is 2. The lowest BCUT2D eigenvalue weighted by Gasteiger charge is -2.05. The third kappa shape index (κ3) is 4.18. The van der Waals surface area contributed by atoms with Crippen molar-refractivity contribution in [2.45, 2.75) is 0 Å². The molecule has 0 aromatic carbocycles. The highest BCUT2D eigenvalue weighted by Gasteiger charge is 2.08. The zero-order chi connectivity index (χ0) is 13.5. The molecular formula is C11H13N5OS2. The highest BCUT2D eigenvalue weighted by Crippen LogP contribution is 2.11. The molecule has 0 aliphatic carbocycles.